The molecule has 1 aliphatic heterocycles. The van der Waals surface area contributed by atoms with Gasteiger partial charge in [0.15, 0.2) is 5.82 Å². The first kappa shape index (κ1) is 15.6. The molecule has 0 radical (unpaired) electrons. The van der Waals surface area contributed by atoms with Crippen LogP contribution in [0.1, 0.15) is 33.1 Å². The lowest BCUT2D eigenvalue weighted by Gasteiger charge is -2.39. The number of hydrogen-bond donors (Lipinski definition) is 1. The van der Waals surface area contributed by atoms with Crippen LogP contribution in [0.25, 0.3) is 10.7 Å². The van der Waals surface area contributed by atoms with E-state index in [1.807, 2.05) is 22.4 Å². The monoisotopic (exact) mass is 336 g/mol. The summed E-state index contributed by atoms with van der Waals surface area (Å²) in [5.41, 5.74) is 0. The maximum atomic E-state index is 12.5. The van der Waals surface area contributed by atoms with E-state index in [1.165, 1.54) is 18.2 Å². The molecule has 22 heavy (non-hydrogen) atoms. The molecule has 1 amide bonds. The molecule has 0 bridgehead atoms. The van der Waals surface area contributed by atoms with Crippen LogP contribution in [0.4, 0.5) is 0 Å². The number of likely N-dealkylation sites (tertiary alicyclic amines) is 1. The van der Waals surface area contributed by atoms with Gasteiger partial charge in [-0.25, -0.2) is 4.98 Å². The second-order valence-electron chi connectivity index (χ2n) is 5.66. The normalized spacial score (nSPS) is 22.0. The second kappa shape index (κ2) is 6.83. The lowest BCUT2D eigenvalue weighted by Crippen LogP contribution is -2.48. The first-order valence-corrected chi connectivity index (χ1v) is 9.42. The number of amides is 1. The Balaban J connectivity index is 1.59. The van der Waals surface area contributed by atoms with Crippen LogP contribution in [0.5, 0.6) is 0 Å². The van der Waals surface area contributed by atoms with Crippen LogP contribution in [-0.2, 0) is 4.79 Å². The van der Waals surface area contributed by atoms with Crippen LogP contribution in [0, 0.1) is 0 Å². The summed E-state index contributed by atoms with van der Waals surface area (Å²) in [6.45, 7) is 4.28. The number of carbonyl (C=O) groups excluding carboxylic acids is 1. The Morgan fingerprint density at radius 2 is 2.23 bits per heavy atom. The summed E-state index contributed by atoms with van der Waals surface area (Å²) in [6, 6.07) is 4.66. The number of piperidine rings is 1. The number of H-pyrrole nitrogens is 1. The number of rotatable bonds is 4. The van der Waals surface area contributed by atoms with Crippen molar-refractivity contribution >= 4 is 29.0 Å². The van der Waals surface area contributed by atoms with Gasteiger partial charge in [0, 0.05) is 12.1 Å². The molecule has 0 aromatic carbocycles. The number of thioether (sulfide) groups is 1. The molecular formula is C15H20N4OS2. The number of hydrogen-bond acceptors (Lipinski definition) is 5. The smallest absolute Gasteiger partial charge is 0.233 e. The number of aromatic nitrogens is 3. The summed E-state index contributed by atoms with van der Waals surface area (Å²) in [5, 5.41) is 9.76. The quantitative estimate of drug-likeness (QED) is 0.869. The Hall–Kier alpha value is -1.34. The molecule has 3 heterocycles. The minimum Gasteiger partial charge on any atom is -0.337 e. The van der Waals surface area contributed by atoms with Gasteiger partial charge in [-0.15, -0.1) is 16.4 Å². The Labute approximate surface area is 138 Å². The van der Waals surface area contributed by atoms with Gasteiger partial charge in [0.2, 0.25) is 11.1 Å². The molecule has 2 aromatic heterocycles. The number of nitrogens with zero attached hydrogens (tertiary/aromatic N) is 3. The van der Waals surface area contributed by atoms with Crippen molar-refractivity contribution in [1.29, 1.82) is 0 Å². The highest BCUT2D eigenvalue weighted by Gasteiger charge is 2.28. The Morgan fingerprint density at radius 1 is 1.45 bits per heavy atom. The number of thiophene rings is 1. The summed E-state index contributed by atoms with van der Waals surface area (Å²) in [7, 11) is 0. The SMILES string of the molecule is C[C@H]1CCC[C@H](C)N1C(=O)CSc1n[nH]c(-c2cccs2)n1. The average Bonchev–Trinajstić information content (AvgIpc) is 3.16. The second-order valence-corrected chi connectivity index (χ2v) is 7.55. The lowest BCUT2D eigenvalue weighted by atomic mass is 9.98. The highest BCUT2D eigenvalue weighted by Crippen LogP contribution is 2.26. The lowest BCUT2D eigenvalue weighted by molar-refractivity contribution is -0.134. The molecule has 0 spiro atoms. The predicted octanol–water partition coefficient (Wildman–Crippen LogP) is 3.41. The Morgan fingerprint density at radius 3 is 2.91 bits per heavy atom. The summed E-state index contributed by atoms with van der Waals surface area (Å²) in [5.74, 6) is 1.35. The third kappa shape index (κ3) is 3.35. The van der Waals surface area contributed by atoms with E-state index >= 15 is 0 Å². The standard InChI is InChI=1S/C15H20N4OS2/c1-10-5-3-6-11(2)19(10)13(20)9-22-15-16-14(17-18-15)12-7-4-8-21-12/h4,7-8,10-11H,3,5-6,9H2,1-2H3,(H,16,17,18)/t10-,11-/m0/s1. The highest BCUT2D eigenvalue weighted by molar-refractivity contribution is 7.99. The van der Waals surface area contributed by atoms with E-state index in [4.69, 9.17) is 0 Å². The molecule has 1 N–H and O–H groups in total. The maximum Gasteiger partial charge on any atom is 0.233 e. The fourth-order valence-corrected chi connectivity index (χ4v) is 4.28. The average molecular weight is 336 g/mol. The van der Waals surface area contributed by atoms with Gasteiger partial charge in [0.05, 0.1) is 10.6 Å². The Kier molecular flexibility index (Phi) is 4.83. The van der Waals surface area contributed by atoms with E-state index < -0.39 is 0 Å². The van der Waals surface area contributed by atoms with Gasteiger partial charge in [-0.1, -0.05) is 17.8 Å². The van der Waals surface area contributed by atoms with Gasteiger partial charge in [0.1, 0.15) is 0 Å². The van der Waals surface area contributed by atoms with Crippen molar-refractivity contribution in [2.45, 2.75) is 50.4 Å². The van der Waals surface area contributed by atoms with Crippen LogP contribution in [0.15, 0.2) is 22.7 Å². The molecule has 0 unspecified atom stereocenters. The zero-order valence-corrected chi connectivity index (χ0v) is 14.4. The van der Waals surface area contributed by atoms with Gasteiger partial charge in [0.25, 0.3) is 0 Å². The van der Waals surface area contributed by atoms with Crippen molar-refractivity contribution in [3.05, 3.63) is 17.5 Å². The third-order valence-corrected chi connectivity index (χ3v) is 5.73. The summed E-state index contributed by atoms with van der Waals surface area (Å²) in [6.07, 6.45) is 3.41. The van der Waals surface area contributed by atoms with Crippen molar-refractivity contribution < 1.29 is 4.79 Å². The highest BCUT2D eigenvalue weighted by atomic mass is 32.2. The molecule has 7 heteroatoms. The van der Waals surface area contributed by atoms with Crippen molar-refractivity contribution in [2.75, 3.05) is 5.75 Å². The largest absolute Gasteiger partial charge is 0.337 e. The molecule has 1 fully saturated rings. The van der Waals surface area contributed by atoms with Crippen LogP contribution >= 0.6 is 23.1 Å². The number of aromatic amines is 1. The van der Waals surface area contributed by atoms with E-state index in [2.05, 4.69) is 29.0 Å². The molecule has 0 saturated carbocycles. The minimum atomic E-state index is 0.187. The van der Waals surface area contributed by atoms with Crippen molar-refractivity contribution in [1.82, 2.24) is 20.1 Å². The van der Waals surface area contributed by atoms with Crippen LogP contribution in [0.2, 0.25) is 0 Å². The van der Waals surface area contributed by atoms with Gasteiger partial charge >= 0.3 is 0 Å². The van der Waals surface area contributed by atoms with E-state index in [-0.39, 0.29) is 5.91 Å². The van der Waals surface area contributed by atoms with Crippen molar-refractivity contribution in [3.8, 4) is 10.7 Å². The molecule has 3 rings (SSSR count). The zero-order chi connectivity index (χ0) is 15.5. The first-order valence-electron chi connectivity index (χ1n) is 7.55. The van der Waals surface area contributed by atoms with Gasteiger partial charge in [-0.05, 0) is 44.6 Å². The van der Waals surface area contributed by atoms with Crippen molar-refractivity contribution in [2.24, 2.45) is 0 Å². The molecule has 2 atom stereocenters. The van der Waals surface area contributed by atoms with Crippen LogP contribution < -0.4 is 0 Å². The first-order chi connectivity index (χ1) is 10.6. The minimum absolute atomic E-state index is 0.187. The summed E-state index contributed by atoms with van der Waals surface area (Å²) in [4.78, 5) is 20.0. The van der Waals surface area contributed by atoms with E-state index in [1.54, 1.807) is 11.3 Å². The van der Waals surface area contributed by atoms with E-state index in [0.717, 1.165) is 23.5 Å². The molecule has 1 aliphatic rings. The third-order valence-electron chi connectivity index (χ3n) is 4.03. The Bertz CT molecular complexity index is 615. The molecule has 5 nitrogen and oxygen atoms in total. The molecule has 2 aromatic rings. The summed E-state index contributed by atoms with van der Waals surface area (Å²) < 4.78 is 0. The number of nitrogens with one attached hydrogen (secondary N) is 1. The molecular weight excluding hydrogens is 316 g/mol. The van der Waals surface area contributed by atoms with E-state index in [0.29, 0.717) is 23.0 Å². The van der Waals surface area contributed by atoms with Gasteiger partial charge in [-0.2, -0.15) is 0 Å². The van der Waals surface area contributed by atoms with Crippen molar-refractivity contribution in [3.63, 3.8) is 0 Å². The van der Waals surface area contributed by atoms with Gasteiger partial charge in [-0.3, -0.25) is 9.89 Å². The fraction of sp³-hybridized carbons (Fsp3) is 0.533. The van der Waals surface area contributed by atoms with Crippen LogP contribution in [0.3, 0.4) is 0 Å². The molecule has 118 valence electrons. The molecule has 0 aliphatic carbocycles. The zero-order valence-electron chi connectivity index (χ0n) is 12.8. The summed E-state index contributed by atoms with van der Waals surface area (Å²) >= 11 is 3.02. The topological polar surface area (TPSA) is 61.9 Å². The molecule has 1 saturated heterocycles. The van der Waals surface area contributed by atoms with Gasteiger partial charge < -0.3 is 4.90 Å². The van der Waals surface area contributed by atoms with Crippen LogP contribution in [-0.4, -0.2) is 43.8 Å². The predicted molar refractivity (Wildman–Crippen MR) is 90.0 cm³/mol. The fourth-order valence-electron chi connectivity index (χ4n) is 2.95. The maximum absolute atomic E-state index is 12.5. The number of carbonyl (C=O) groups is 1. The van der Waals surface area contributed by atoms with E-state index in [9.17, 15) is 4.79 Å².